The minimum atomic E-state index is -0.520. The number of hydrogen-bond acceptors (Lipinski definition) is 3. The molecule has 0 radical (unpaired) electrons. The van der Waals surface area contributed by atoms with Gasteiger partial charge in [-0.2, -0.15) is 0 Å². The third-order valence-electron chi connectivity index (χ3n) is 1.88. The van der Waals surface area contributed by atoms with E-state index in [1.54, 1.807) is 7.11 Å². The van der Waals surface area contributed by atoms with Crippen LogP contribution in [0.2, 0.25) is 0 Å². The van der Waals surface area contributed by atoms with Crippen molar-refractivity contribution in [1.29, 1.82) is 0 Å². The number of amides is 1. The molecule has 0 heterocycles. The highest BCUT2D eigenvalue weighted by molar-refractivity contribution is 5.67. The van der Waals surface area contributed by atoms with E-state index in [-0.39, 0.29) is 6.61 Å². The molecule has 1 aromatic carbocycles. The molecule has 4 heteroatoms. The molecular formula is C12H13NO3. The molecular weight excluding hydrogens is 206 g/mol. The van der Waals surface area contributed by atoms with Gasteiger partial charge >= 0.3 is 6.09 Å². The van der Waals surface area contributed by atoms with Crippen LogP contribution in [-0.2, 0) is 11.3 Å². The van der Waals surface area contributed by atoms with Crippen LogP contribution < -0.4 is 10.1 Å². The Bertz CT molecular complexity index is 378. The second-order valence-electron chi connectivity index (χ2n) is 2.98. The first-order valence-electron chi connectivity index (χ1n) is 4.73. The van der Waals surface area contributed by atoms with E-state index in [0.29, 0.717) is 6.54 Å². The second-order valence-corrected chi connectivity index (χ2v) is 2.98. The van der Waals surface area contributed by atoms with E-state index >= 15 is 0 Å². The van der Waals surface area contributed by atoms with Gasteiger partial charge in [-0.1, -0.05) is 18.1 Å². The first-order valence-corrected chi connectivity index (χ1v) is 4.73. The van der Waals surface area contributed by atoms with Gasteiger partial charge < -0.3 is 14.8 Å². The zero-order valence-electron chi connectivity index (χ0n) is 9.03. The summed E-state index contributed by atoms with van der Waals surface area (Å²) in [5.74, 6) is 2.99. The van der Waals surface area contributed by atoms with Crippen molar-refractivity contribution < 1.29 is 14.3 Å². The van der Waals surface area contributed by atoms with E-state index in [1.807, 2.05) is 24.3 Å². The van der Waals surface area contributed by atoms with Gasteiger partial charge in [0.1, 0.15) is 5.75 Å². The number of terminal acetylenes is 1. The van der Waals surface area contributed by atoms with Gasteiger partial charge in [-0.05, 0) is 17.7 Å². The SMILES string of the molecule is C#CCOC(=O)NCc1ccc(OC)cc1. The predicted octanol–water partition coefficient (Wildman–Crippen LogP) is 1.55. The van der Waals surface area contributed by atoms with E-state index in [0.717, 1.165) is 11.3 Å². The molecule has 1 aromatic rings. The summed E-state index contributed by atoms with van der Waals surface area (Å²) in [6.07, 6.45) is 4.43. The molecule has 16 heavy (non-hydrogen) atoms. The lowest BCUT2D eigenvalue weighted by atomic mass is 10.2. The Morgan fingerprint density at radius 1 is 1.44 bits per heavy atom. The summed E-state index contributed by atoms with van der Waals surface area (Å²) >= 11 is 0. The Balaban J connectivity index is 2.37. The molecule has 0 fully saturated rings. The number of methoxy groups -OCH3 is 1. The van der Waals surface area contributed by atoms with E-state index in [4.69, 9.17) is 11.2 Å². The Kier molecular flexibility index (Phi) is 4.74. The second kappa shape index (κ2) is 6.36. The van der Waals surface area contributed by atoms with Gasteiger partial charge in [-0.15, -0.1) is 6.42 Å². The Morgan fingerprint density at radius 3 is 2.69 bits per heavy atom. The molecule has 0 aliphatic rings. The fraction of sp³-hybridized carbons (Fsp3) is 0.250. The maximum absolute atomic E-state index is 11.0. The van der Waals surface area contributed by atoms with Gasteiger partial charge in [-0.3, -0.25) is 0 Å². The van der Waals surface area contributed by atoms with Gasteiger partial charge in [0.05, 0.1) is 7.11 Å². The number of carbonyl (C=O) groups is 1. The monoisotopic (exact) mass is 219 g/mol. The number of ether oxygens (including phenoxy) is 2. The van der Waals surface area contributed by atoms with Crippen molar-refractivity contribution in [3.05, 3.63) is 29.8 Å². The Labute approximate surface area is 94.6 Å². The molecule has 0 aromatic heterocycles. The number of hydrogen-bond donors (Lipinski definition) is 1. The molecule has 1 N–H and O–H groups in total. The third kappa shape index (κ3) is 3.93. The maximum atomic E-state index is 11.0. The summed E-state index contributed by atoms with van der Waals surface area (Å²) in [7, 11) is 1.60. The first-order chi connectivity index (χ1) is 7.76. The molecule has 0 unspecified atom stereocenters. The van der Waals surface area contributed by atoms with Crippen LogP contribution in [0.25, 0.3) is 0 Å². The van der Waals surface area contributed by atoms with Crippen molar-refractivity contribution in [1.82, 2.24) is 5.32 Å². The summed E-state index contributed by atoms with van der Waals surface area (Å²) in [4.78, 5) is 11.0. The molecule has 1 amide bonds. The van der Waals surface area contributed by atoms with Gasteiger partial charge in [0.2, 0.25) is 0 Å². The Morgan fingerprint density at radius 2 is 2.12 bits per heavy atom. The molecule has 0 bridgehead atoms. The standard InChI is InChI=1S/C12H13NO3/c1-3-8-16-12(14)13-9-10-4-6-11(15-2)7-5-10/h1,4-7H,8-9H2,2H3,(H,13,14). The van der Waals surface area contributed by atoms with Crippen LogP contribution in [-0.4, -0.2) is 19.8 Å². The predicted molar refractivity (Wildman–Crippen MR) is 60.0 cm³/mol. The lowest BCUT2D eigenvalue weighted by Gasteiger charge is -2.05. The quantitative estimate of drug-likeness (QED) is 0.782. The molecule has 4 nitrogen and oxygen atoms in total. The normalized spacial score (nSPS) is 9.00. The molecule has 0 spiro atoms. The number of benzene rings is 1. The van der Waals surface area contributed by atoms with Crippen LogP contribution in [0.4, 0.5) is 4.79 Å². The minimum absolute atomic E-state index is 0.0194. The van der Waals surface area contributed by atoms with Gasteiger partial charge in [0, 0.05) is 6.54 Å². The lowest BCUT2D eigenvalue weighted by Crippen LogP contribution is -2.23. The topological polar surface area (TPSA) is 47.6 Å². The number of alkyl carbamates (subject to hydrolysis) is 1. The van der Waals surface area contributed by atoms with Crippen molar-refractivity contribution in [2.24, 2.45) is 0 Å². The number of carbonyl (C=O) groups excluding carboxylic acids is 1. The van der Waals surface area contributed by atoms with Crippen molar-refractivity contribution in [2.45, 2.75) is 6.54 Å². The van der Waals surface area contributed by atoms with E-state index in [1.165, 1.54) is 0 Å². The summed E-state index contributed by atoms with van der Waals surface area (Å²) < 4.78 is 9.66. The smallest absolute Gasteiger partial charge is 0.408 e. The highest BCUT2D eigenvalue weighted by Crippen LogP contribution is 2.10. The summed E-state index contributed by atoms with van der Waals surface area (Å²) in [5, 5.41) is 2.57. The van der Waals surface area contributed by atoms with E-state index in [9.17, 15) is 4.79 Å². The molecule has 0 saturated heterocycles. The van der Waals surface area contributed by atoms with Gasteiger partial charge in [0.25, 0.3) is 0 Å². The number of nitrogens with one attached hydrogen (secondary N) is 1. The molecule has 0 saturated carbocycles. The first kappa shape index (κ1) is 11.9. The largest absolute Gasteiger partial charge is 0.497 e. The Hall–Kier alpha value is -2.15. The van der Waals surface area contributed by atoms with Crippen molar-refractivity contribution in [3.8, 4) is 18.1 Å². The maximum Gasteiger partial charge on any atom is 0.408 e. The summed E-state index contributed by atoms with van der Waals surface area (Å²) in [6, 6.07) is 7.37. The average Bonchev–Trinajstić information content (AvgIpc) is 2.34. The molecule has 0 aliphatic carbocycles. The average molecular weight is 219 g/mol. The zero-order chi connectivity index (χ0) is 11.8. The van der Waals surface area contributed by atoms with Crippen LogP contribution in [0, 0.1) is 12.3 Å². The third-order valence-corrected chi connectivity index (χ3v) is 1.88. The van der Waals surface area contributed by atoms with Crippen LogP contribution >= 0.6 is 0 Å². The fourth-order valence-electron chi connectivity index (χ4n) is 1.08. The van der Waals surface area contributed by atoms with Crippen LogP contribution in [0.5, 0.6) is 5.75 Å². The molecule has 1 rings (SSSR count). The van der Waals surface area contributed by atoms with E-state index < -0.39 is 6.09 Å². The molecule has 84 valence electrons. The minimum Gasteiger partial charge on any atom is -0.497 e. The fourth-order valence-corrected chi connectivity index (χ4v) is 1.08. The van der Waals surface area contributed by atoms with Crippen molar-refractivity contribution >= 4 is 6.09 Å². The number of rotatable bonds is 4. The highest BCUT2D eigenvalue weighted by atomic mass is 16.5. The summed E-state index contributed by atoms with van der Waals surface area (Å²) in [6.45, 7) is 0.377. The lowest BCUT2D eigenvalue weighted by molar-refractivity contribution is 0.159. The summed E-state index contributed by atoms with van der Waals surface area (Å²) in [5.41, 5.74) is 0.957. The molecule has 0 aliphatic heterocycles. The van der Waals surface area contributed by atoms with E-state index in [2.05, 4.69) is 16.0 Å². The van der Waals surface area contributed by atoms with Crippen LogP contribution in [0.15, 0.2) is 24.3 Å². The van der Waals surface area contributed by atoms with Crippen LogP contribution in [0.1, 0.15) is 5.56 Å². The van der Waals surface area contributed by atoms with Crippen molar-refractivity contribution in [2.75, 3.05) is 13.7 Å². The molecule has 0 atom stereocenters. The van der Waals surface area contributed by atoms with Gasteiger partial charge in [0.15, 0.2) is 6.61 Å². The van der Waals surface area contributed by atoms with Crippen molar-refractivity contribution in [3.63, 3.8) is 0 Å². The van der Waals surface area contributed by atoms with Crippen LogP contribution in [0.3, 0.4) is 0 Å². The van der Waals surface area contributed by atoms with Gasteiger partial charge in [-0.25, -0.2) is 4.79 Å². The highest BCUT2D eigenvalue weighted by Gasteiger charge is 2.00. The zero-order valence-corrected chi connectivity index (χ0v) is 9.03.